The van der Waals surface area contributed by atoms with Crippen molar-refractivity contribution >= 4 is 6.29 Å². The zero-order chi connectivity index (χ0) is 14.4. The number of hydrogen-bond donors (Lipinski definition) is 4. The van der Waals surface area contributed by atoms with Gasteiger partial charge in [0, 0.05) is 5.56 Å². The van der Waals surface area contributed by atoms with Gasteiger partial charge in [-0.15, -0.1) is 0 Å². The van der Waals surface area contributed by atoms with Crippen molar-refractivity contribution in [1.29, 1.82) is 0 Å². The Labute approximate surface area is 111 Å². The second kappa shape index (κ2) is 7.08. The highest BCUT2D eigenvalue weighted by atomic mass is 16.5. The van der Waals surface area contributed by atoms with Gasteiger partial charge in [0.1, 0.15) is 6.10 Å². The smallest absolute Gasteiger partial charge is 0.161 e. The summed E-state index contributed by atoms with van der Waals surface area (Å²) in [6.45, 7) is 0.525. The van der Waals surface area contributed by atoms with Crippen LogP contribution in [0, 0.1) is 0 Å². The number of nitrogens with one attached hydrogen (secondary N) is 1. The molecule has 6 nitrogen and oxygen atoms in total. The highest BCUT2D eigenvalue weighted by Gasteiger charge is 2.22. The third kappa shape index (κ3) is 3.66. The van der Waals surface area contributed by atoms with Crippen LogP contribution >= 0.6 is 0 Å². The van der Waals surface area contributed by atoms with E-state index in [1.165, 1.54) is 19.2 Å². The number of hydrogen-bond acceptors (Lipinski definition) is 6. The van der Waals surface area contributed by atoms with Crippen molar-refractivity contribution in [3.63, 3.8) is 0 Å². The first-order valence-electron chi connectivity index (χ1n) is 5.92. The van der Waals surface area contributed by atoms with E-state index >= 15 is 0 Å². The molecule has 0 saturated carbocycles. The molecule has 0 saturated heterocycles. The number of rotatable bonds is 7. The average molecular weight is 269 g/mol. The fraction of sp³-hybridized carbons (Fsp3) is 0.462. The molecule has 4 N–H and O–H groups in total. The van der Waals surface area contributed by atoms with Crippen LogP contribution in [-0.2, 0) is 0 Å². The molecular weight excluding hydrogens is 250 g/mol. The summed E-state index contributed by atoms with van der Waals surface area (Å²) in [4.78, 5) is 11.0. The lowest BCUT2D eigenvalue weighted by Crippen LogP contribution is -2.24. The molecular formula is C13H19NO5. The lowest BCUT2D eigenvalue weighted by molar-refractivity contribution is 0.0136. The predicted octanol–water partition coefficient (Wildman–Crippen LogP) is 0.217. The second-order valence-electron chi connectivity index (χ2n) is 4.18. The SMILES string of the molecule is CNCCC(O)C(O)c1cc(O)c(OC)cc1C=O. The summed E-state index contributed by atoms with van der Waals surface area (Å²) in [5.74, 6) is -0.0502. The Morgan fingerprint density at radius 1 is 1.42 bits per heavy atom. The van der Waals surface area contributed by atoms with Crippen LogP contribution in [0.15, 0.2) is 12.1 Å². The van der Waals surface area contributed by atoms with Crippen LogP contribution in [-0.4, -0.2) is 48.4 Å². The molecule has 1 rings (SSSR count). The quantitative estimate of drug-likeness (QED) is 0.528. The molecule has 0 amide bonds. The minimum Gasteiger partial charge on any atom is -0.504 e. The summed E-state index contributed by atoms with van der Waals surface area (Å²) in [5.41, 5.74) is 0.350. The van der Waals surface area contributed by atoms with Crippen molar-refractivity contribution in [3.8, 4) is 11.5 Å². The van der Waals surface area contributed by atoms with Crippen molar-refractivity contribution in [2.45, 2.75) is 18.6 Å². The predicted molar refractivity (Wildman–Crippen MR) is 69.6 cm³/mol. The number of carbonyl (C=O) groups excluding carboxylic acids is 1. The van der Waals surface area contributed by atoms with Crippen molar-refractivity contribution in [1.82, 2.24) is 5.32 Å². The fourth-order valence-corrected chi connectivity index (χ4v) is 1.78. The Hall–Kier alpha value is -1.63. The van der Waals surface area contributed by atoms with E-state index in [1.54, 1.807) is 7.05 Å². The molecule has 0 fully saturated rings. The number of benzene rings is 1. The van der Waals surface area contributed by atoms with Gasteiger partial charge in [0.25, 0.3) is 0 Å². The van der Waals surface area contributed by atoms with E-state index in [1.807, 2.05) is 0 Å². The zero-order valence-electron chi connectivity index (χ0n) is 11.0. The van der Waals surface area contributed by atoms with E-state index in [0.717, 1.165) is 0 Å². The van der Waals surface area contributed by atoms with Crippen LogP contribution < -0.4 is 10.1 Å². The molecule has 2 atom stereocenters. The van der Waals surface area contributed by atoms with E-state index in [-0.39, 0.29) is 22.6 Å². The lowest BCUT2D eigenvalue weighted by Gasteiger charge is -2.20. The van der Waals surface area contributed by atoms with Crippen LogP contribution in [0.25, 0.3) is 0 Å². The third-order valence-electron chi connectivity index (χ3n) is 2.88. The van der Waals surface area contributed by atoms with Crippen LogP contribution in [0.4, 0.5) is 0 Å². The molecule has 0 aliphatic heterocycles. The fourth-order valence-electron chi connectivity index (χ4n) is 1.78. The number of aliphatic hydroxyl groups excluding tert-OH is 2. The van der Waals surface area contributed by atoms with E-state index in [0.29, 0.717) is 19.3 Å². The molecule has 2 unspecified atom stereocenters. The second-order valence-corrected chi connectivity index (χ2v) is 4.18. The summed E-state index contributed by atoms with van der Waals surface area (Å²) >= 11 is 0. The van der Waals surface area contributed by atoms with E-state index in [4.69, 9.17) is 4.74 Å². The highest BCUT2D eigenvalue weighted by molar-refractivity contribution is 5.79. The summed E-state index contributed by atoms with van der Waals surface area (Å²) in [6.07, 6.45) is -1.40. The van der Waals surface area contributed by atoms with E-state index in [2.05, 4.69) is 5.32 Å². The maximum atomic E-state index is 11.0. The maximum absolute atomic E-state index is 11.0. The Morgan fingerprint density at radius 3 is 2.63 bits per heavy atom. The Bertz CT molecular complexity index is 435. The topological polar surface area (TPSA) is 99.0 Å². The molecule has 0 radical (unpaired) electrons. The van der Waals surface area contributed by atoms with E-state index < -0.39 is 12.2 Å². The summed E-state index contributed by atoms with van der Waals surface area (Å²) in [7, 11) is 3.09. The number of aldehydes is 1. The molecule has 19 heavy (non-hydrogen) atoms. The third-order valence-corrected chi connectivity index (χ3v) is 2.88. The monoisotopic (exact) mass is 269 g/mol. The van der Waals surface area contributed by atoms with Gasteiger partial charge in [0.05, 0.1) is 13.2 Å². The molecule has 1 aromatic rings. The Morgan fingerprint density at radius 2 is 2.11 bits per heavy atom. The van der Waals surface area contributed by atoms with Gasteiger partial charge in [-0.1, -0.05) is 0 Å². The number of aromatic hydroxyl groups is 1. The maximum Gasteiger partial charge on any atom is 0.161 e. The first kappa shape index (κ1) is 15.4. The minimum atomic E-state index is -1.25. The minimum absolute atomic E-state index is 0.141. The van der Waals surface area contributed by atoms with Gasteiger partial charge in [0.15, 0.2) is 17.8 Å². The molecule has 0 spiro atoms. The van der Waals surface area contributed by atoms with Crippen LogP contribution in [0.3, 0.4) is 0 Å². The molecule has 6 heteroatoms. The van der Waals surface area contributed by atoms with Crippen molar-refractivity contribution in [3.05, 3.63) is 23.3 Å². The van der Waals surface area contributed by atoms with Gasteiger partial charge in [-0.3, -0.25) is 4.79 Å². The molecule has 0 aliphatic carbocycles. The Balaban J connectivity index is 3.04. The largest absolute Gasteiger partial charge is 0.504 e. The average Bonchev–Trinajstić information content (AvgIpc) is 2.43. The molecule has 0 aromatic heterocycles. The van der Waals surface area contributed by atoms with Gasteiger partial charge in [-0.05, 0) is 37.7 Å². The molecule has 1 aromatic carbocycles. The zero-order valence-corrected chi connectivity index (χ0v) is 11.0. The normalized spacial score (nSPS) is 13.9. The molecule has 0 heterocycles. The number of ether oxygens (including phenoxy) is 1. The van der Waals surface area contributed by atoms with Crippen molar-refractivity contribution in [2.24, 2.45) is 0 Å². The highest BCUT2D eigenvalue weighted by Crippen LogP contribution is 2.33. The van der Waals surface area contributed by atoms with Crippen LogP contribution in [0.1, 0.15) is 28.4 Å². The van der Waals surface area contributed by atoms with E-state index in [9.17, 15) is 20.1 Å². The van der Waals surface area contributed by atoms with Crippen LogP contribution in [0.5, 0.6) is 11.5 Å². The number of phenolic OH excluding ortho intramolecular Hbond substituents is 1. The van der Waals surface area contributed by atoms with Crippen molar-refractivity contribution < 1.29 is 24.9 Å². The van der Waals surface area contributed by atoms with Crippen LogP contribution in [0.2, 0.25) is 0 Å². The van der Waals surface area contributed by atoms with Gasteiger partial charge in [-0.25, -0.2) is 0 Å². The lowest BCUT2D eigenvalue weighted by atomic mass is 9.97. The molecule has 0 bridgehead atoms. The number of aliphatic hydroxyl groups is 2. The first-order valence-corrected chi connectivity index (χ1v) is 5.92. The molecule has 0 aliphatic rings. The van der Waals surface area contributed by atoms with Gasteiger partial charge in [0.2, 0.25) is 0 Å². The molecule has 106 valence electrons. The first-order chi connectivity index (χ1) is 9.04. The summed E-state index contributed by atoms with van der Waals surface area (Å²) in [5, 5.41) is 32.4. The van der Waals surface area contributed by atoms with Crippen molar-refractivity contribution in [2.75, 3.05) is 20.7 Å². The summed E-state index contributed by atoms with van der Waals surface area (Å²) < 4.78 is 4.88. The number of phenols is 1. The standard InChI is InChI=1S/C13H19NO5/c1-14-4-3-10(16)13(18)9-6-11(17)12(19-2)5-8(9)7-15/h5-7,10,13-14,16-18H,3-4H2,1-2H3. The van der Waals surface area contributed by atoms with Gasteiger partial charge in [-0.2, -0.15) is 0 Å². The Kier molecular flexibility index (Phi) is 5.75. The number of carbonyl (C=O) groups is 1. The van der Waals surface area contributed by atoms with Gasteiger partial charge < -0.3 is 25.4 Å². The summed E-state index contributed by atoms with van der Waals surface area (Å²) in [6, 6.07) is 2.56. The van der Waals surface area contributed by atoms with Gasteiger partial charge >= 0.3 is 0 Å². The number of methoxy groups -OCH3 is 1.